The lowest BCUT2D eigenvalue weighted by atomic mass is 10.2. The van der Waals surface area contributed by atoms with Gasteiger partial charge in [-0.3, -0.25) is 4.21 Å². The first-order valence-corrected chi connectivity index (χ1v) is 7.40. The molecule has 0 aliphatic heterocycles. The van der Waals surface area contributed by atoms with E-state index in [2.05, 4.69) is 0 Å². The molecule has 0 aromatic heterocycles. The van der Waals surface area contributed by atoms with Gasteiger partial charge in [-0.15, -0.1) is 0 Å². The minimum absolute atomic E-state index is 0.363. The summed E-state index contributed by atoms with van der Waals surface area (Å²) >= 11 is 0. The van der Waals surface area contributed by atoms with Crippen LogP contribution in [0.4, 0.5) is 5.69 Å². The Morgan fingerprint density at radius 3 is 2.55 bits per heavy atom. The third-order valence-corrected chi connectivity index (χ3v) is 4.26. The van der Waals surface area contributed by atoms with Crippen LogP contribution in [0.3, 0.4) is 0 Å². The molecule has 0 saturated carbocycles. The molecule has 0 heterocycles. The van der Waals surface area contributed by atoms with Gasteiger partial charge in [-0.05, 0) is 29.8 Å². The molecule has 5 heteroatoms. The standard InChI is InChI=1S/C15H17NO3S/c1-18-13-8-11(7-12(16)9-13)10-20(17)15-6-4-3-5-14(15)19-2/h3-9H,10,16H2,1-2H3. The van der Waals surface area contributed by atoms with E-state index < -0.39 is 10.8 Å². The van der Waals surface area contributed by atoms with Crippen molar-refractivity contribution in [1.82, 2.24) is 0 Å². The number of benzene rings is 2. The Kier molecular flexibility index (Phi) is 4.63. The van der Waals surface area contributed by atoms with Crippen molar-refractivity contribution in [2.45, 2.75) is 10.6 Å². The van der Waals surface area contributed by atoms with E-state index in [1.54, 1.807) is 38.5 Å². The summed E-state index contributed by atoms with van der Waals surface area (Å²) in [4.78, 5) is 0.677. The Morgan fingerprint density at radius 1 is 1.10 bits per heavy atom. The highest BCUT2D eigenvalue weighted by atomic mass is 32.2. The van der Waals surface area contributed by atoms with Gasteiger partial charge in [0.1, 0.15) is 11.5 Å². The maximum absolute atomic E-state index is 12.5. The molecule has 2 aromatic rings. The fraction of sp³-hybridized carbons (Fsp3) is 0.200. The zero-order valence-electron chi connectivity index (χ0n) is 11.5. The van der Waals surface area contributed by atoms with Crippen LogP contribution in [0.2, 0.25) is 0 Å². The minimum atomic E-state index is -1.20. The van der Waals surface area contributed by atoms with Crippen LogP contribution in [0.25, 0.3) is 0 Å². The Morgan fingerprint density at radius 2 is 1.85 bits per heavy atom. The third-order valence-electron chi connectivity index (χ3n) is 2.84. The second kappa shape index (κ2) is 6.43. The van der Waals surface area contributed by atoms with Crippen LogP contribution in [-0.2, 0) is 16.6 Å². The fourth-order valence-corrected chi connectivity index (χ4v) is 3.15. The molecule has 0 radical (unpaired) electrons. The maximum Gasteiger partial charge on any atom is 0.134 e. The summed E-state index contributed by atoms with van der Waals surface area (Å²) in [7, 11) is 1.95. The van der Waals surface area contributed by atoms with Gasteiger partial charge >= 0.3 is 0 Å². The topological polar surface area (TPSA) is 61.5 Å². The summed E-state index contributed by atoms with van der Waals surface area (Å²) < 4.78 is 22.8. The first kappa shape index (κ1) is 14.4. The van der Waals surface area contributed by atoms with Crippen molar-refractivity contribution in [3.8, 4) is 11.5 Å². The second-order valence-corrected chi connectivity index (χ2v) is 5.67. The molecule has 0 bridgehead atoms. The van der Waals surface area contributed by atoms with E-state index in [1.807, 2.05) is 18.2 Å². The highest BCUT2D eigenvalue weighted by molar-refractivity contribution is 7.84. The number of rotatable bonds is 5. The van der Waals surface area contributed by atoms with E-state index >= 15 is 0 Å². The molecule has 0 spiro atoms. The normalized spacial score (nSPS) is 11.9. The quantitative estimate of drug-likeness (QED) is 0.860. The summed E-state index contributed by atoms with van der Waals surface area (Å²) in [6.45, 7) is 0. The van der Waals surface area contributed by atoms with Crippen molar-refractivity contribution < 1.29 is 13.7 Å². The number of hydrogen-bond acceptors (Lipinski definition) is 4. The van der Waals surface area contributed by atoms with Gasteiger partial charge in [-0.25, -0.2) is 0 Å². The fourth-order valence-electron chi connectivity index (χ4n) is 1.92. The van der Waals surface area contributed by atoms with E-state index in [0.29, 0.717) is 27.8 Å². The molecular weight excluding hydrogens is 274 g/mol. The van der Waals surface area contributed by atoms with Crippen LogP contribution in [-0.4, -0.2) is 18.4 Å². The lowest BCUT2D eigenvalue weighted by molar-refractivity contribution is 0.404. The highest BCUT2D eigenvalue weighted by Gasteiger charge is 2.11. The third kappa shape index (κ3) is 3.30. The van der Waals surface area contributed by atoms with Crippen molar-refractivity contribution in [2.75, 3.05) is 20.0 Å². The Labute approximate surface area is 121 Å². The lowest BCUT2D eigenvalue weighted by Gasteiger charge is -2.09. The van der Waals surface area contributed by atoms with Gasteiger partial charge in [0.05, 0.1) is 35.7 Å². The predicted octanol–water partition coefficient (Wildman–Crippen LogP) is 2.59. The number of methoxy groups -OCH3 is 2. The average molecular weight is 291 g/mol. The van der Waals surface area contributed by atoms with Crippen molar-refractivity contribution in [3.63, 3.8) is 0 Å². The highest BCUT2D eigenvalue weighted by Crippen LogP contribution is 2.25. The van der Waals surface area contributed by atoms with E-state index in [0.717, 1.165) is 5.56 Å². The molecule has 106 valence electrons. The molecule has 0 saturated heterocycles. The molecule has 0 aliphatic carbocycles. The monoisotopic (exact) mass is 291 g/mol. The molecule has 0 aliphatic rings. The van der Waals surface area contributed by atoms with Gasteiger partial charge in [0.15, 0.2) is 0 Å². The van der Waals surface area contributed by atoms with Gasteiger partial charge in [0.25, 0.3) is 0 Å². The molecule has 20 heavy (non-hydrogen) atoms. The molecule has 1 unspecified atom stereocenters. The van der Waals surface area contributed by atoms with E-state index in [-0.39, 0.29) is 0 Å². The van der Waals surface area contributed by atoms with Crippen molar-refractivity contribution in [1.29, 1.82) is 0 Å². The van der Waals surface area contributed by atoms with Crippen LogP contribution in [0.1, 0.15) is 5.56 Å². The number of hydrogen-bond donors (Lipinski definition) is 1. The maximum atomic E-state index is 12.5. The van der Waals surface area contributed by atoms with Crippen LogP contribution in [0.5, 0.6) is 11.5 Å². The lowest BCUT2D eigenvalue weighted by Crippen LogP contribution is -2.00. The zero-order valence-corrected chi connectivity index (χ0v) is 12.3. The minimum Gasteiger partial charge on any atom is -0.497 e. The molecular formula is C15H17NO3S. The molecule has 2 rings (SSSR count). The van der Waals surface area contributed by atoms with Gasteiger partial charge < -0.3 is 15.2 Å². The van der Waals surface area contributed by atoms with E-state index in [9.17, 15) is 4.21 Å². The predicted molar refractivity (Wildman–Crippen MR) is 80.5 cm³/mol. The summed E-state index contributed by atoms with van der Waals surface area (Å²) in [6.07, 6.45) is 0. The smallest absolute Gasteiger partial charge is 0.134 e. The van der Waals surface area contributed by atoms with Crippen molar-refractivity contribution in [3.05, 3.63) is 48.0 Å². The summed E-state index contributed by atoms with van der Waals surface area (Å²) in [5.74, 6) is 1.65. The number of anilines is 1. The number of nitrogens with two attached hydrogens (primary N) is 1. The second-order valence-electron chi connectivity index (χ2n) is 4.26. The van der Waals surface area contributed by atoms with Crippen molar-refractivity contribution in [2.24, 2.45) is 0 Å². The first-order chi connectivity index (χ1) is 9.63. The molecule has 4 nitrogen and oxygen atoms in total. The molecule has 1 atom stereocenters. The van der Waals surface area contributed by atoms with Crippen LogP contribution >= 0.6 is 0 Å². The number of ether oxygens (including phenoxy) is 2. The molecule has 2 N–H and O–H groups in total. The van der Waals surface area contributed by atoms with Gasteiger partial charge in [-0.1, -0.05) is 12.1 Å². The van der Waals surface area contributed by atoms with Crippen LogP contribution in [0.15, 0.2) is 47.4 Å². The largest absolute Gasteiger partial charge is 0.497 e. The molecule has 2 aromatic carbocycles. The molecule has 0 fully saturated rings. The summed E-state index contributed by atoms with van der Waals surface area (Å²) in [5.41, 5.74) is 7.26. The van der Waals surface area contributed by atoms with Gasteiger partial charge in [0, 0.05) is 11.8 Å². The van der Waals surface area contributed by atoms with Crippen molar-refractivity contribution >= 4 is 16.5 Å². The Bertz CT molecular complexity index is 628. The Hall–Kier alpha value is -2.01. The SMILES string of the molecule is COc1cc(N)cc(CS(=O)c2ccccc2OC)c1. The average Bonchev–Trinajstić information content (AvgIpc) is 2.46. The zero-order chi connectivity index (χ0) is 14.5. The number of para-hydroxylation sites is 1. The summed E-state index contributed by atoms with van der Waals surface area (Å²) in [6, 6.07) is 12.7. The van der Waals surface area contributed by atoms with Gasteiger partial charge in [0.2, 0.25) is 0 Å². The summed E-state index contributed by atoms with van der Waals surface area (Å²) in [5, 5.41) is 0. The van der Waals surface area contributed by atoms with Crippen LogP contribution in [0, 0.1) is 0 Å². The van der Waals surface area contributed by atoms with Gasteiger partial charge in [-0.2, -0.15) is 0 Å². The Balaban J connectivity index is 2.25. The van der Waals surface area contributed by atoms with Crippen LogP contribution < -0.4 is 15.2 Å². The number of nitrogen functional groups attached to an aromatic ring is 1. The molecule has 0 amide bonds. The first-order valence-electron chi connectivity index (χ1n) is 6.09. The van der Waals surface area contributed by atoms with E-state index in [4.69, 9.17) is 15.2 Å². The van der Waals surface area contributed by atoms with E-state index in [1.165, 1.54) is 0 Å².